The lowest BCUT2D eigenvalue weighted by Crippen LogP contribution is -2.57. The maximum atomic E-state index is 12.3. The lowest BCUT2D eigenvalue weighted by molar-refractivity contribution is -0.141. The lowest BCUT2D eigenvalue weighted by Gasteiger charge is -2.59. The van der Waals surface area contributed by atoms with Crippen molar-refractivity contribution in [3.05, 3.63) is 0 Å². The minimum absolute atomic E-state index is 0.0865. The summed E-state index contributed by atoms with van der Waals surface area (Å²) in [7, 11) is 0. The van der Waals surface area contributed by atoms with Crippen molar-refractivity contribution in [2.75, 3.05) is 13.2 Å². The minimum Gasteiger partial charge on any atom is -0.379 e. The Hall–Kier alpha value is -1.10. The Labute approximate surface area is 151 Å². The minimum atomic E-state index is -0.513. The van der Waals surface area contributed by atoms with Crippen LogP contribution in [0.15, 0.2) is 0 Å². The number of nitrogens with one attached hydrogen (secondary N) is 2. The first kappa shape index (κ1) is 18.7. The molecule has 0 saturated heterocycles. The van der Waals surface area contributed by atoms with Crippen LogP contribution in [0.5, 0.6) is 0 Å². The topological polar surface area (TPSA) is 67.4 Å². The third-order valence-corrected chi connectivity index (χ3v) is 6.62. The van der Waals surface area contributed by atoms with E-state index in [0.717, 1.165) is 24.2 Å². The van der Waals surface area contributed by atoms with Gasteiger partial charge in [0.1, 0.15) is 0 Å². The molecule has 0 spiro atoms. The molecule has 0 aromatic heterocycles. The van der Waals surface area contributed by atoms with E-state index in [-0.39, 0.29) is 17.6 Å². The quantitative estimate of drug-likeness (QED) is 0.548. The zero-order valence-corrected chi connectivity index (χ0v) is 16.0. The van der Waals surface area contributed by atoms with Crippen LogP contribution in [0.25, 0.3) is 0 Å². The Bertz CT molecular complexity index is 468. The molecule has 0 aromatic rings. The van der Waals surface area contributed by atoms with Gasteiger partial charge in [0.05, 0.1) is 6.10 Å². The van der Waals surface area contributed by atoms with E-state index in [1.807, 2.05) is 13.8 Å². The molecule has 5 nitrogen and oxygen atoms in total. The van der Waals surface area contributed by atoms with Gasteiger partial charge in [0.2, 0.25) is 0 Å². The molecule has 4 rings (SSSR count). The number of carbonyl (C=O) groups is 2. The summed E-state index contributed by atoms with van der Waals surface area (Å²) in [5.41, 5.74) is 0.232. The fourth-order valence-corrected chi connectivity index (χ4v) is 5.80. The van der Waals surface area contributed by atoms with Gasteiger partial charge in [-0.2, -0.15) is 0 Å². The van der Waals surface area contributed by atoms with Gasteiger partial charge in [0.15, 0.2) is 0 Å². The summed E-state index contributed by atoms with van der Waals surface area (Å²) in [6.45, 7) is 7.15. The molecule has 2 amide bonds. The molecule has 0 heterocycles. The van der Waals surface area contributed by atoms with E-state index < -0.39 is 11.8 Å². The van der Waals surface area contributed by atoms with Crippen LogP contribution in [-0.2, 0) is 14.3 Å². The summed E-state index contributed by atoms with van der Waals surface area (Å²) in [6, 6.07) is 0.0865. The van der Waals surface area contributed by atoms with Crippen LogP contribution in [0, 0.1) is 23.2 Å². The third-order valence-electron chi connectivity index (χ3n) is 6.62. The molecule has 5 heteroatoms. The first-order valence-electron chi connectivity index (χ1n) is 10.1. The Balaban J connectivity index is 1.44. The SMILES string of the molecule is CC(C)OCCCNC(=O)C(=O)NC(C)C12CC3CC(CC(C3)C1)C2. The van der Waals surface area contributed by atoms with E-state index in [4.69, 9.17) is 4.74 Å². The second-order valence-electron chi connectivity index (χ2n) is 9.00. The zero-order valence-electron chi connectivity index (χ0n) is 16.0. The van der Waals surface area contributed by atoms with Gasteiger partial charge in [0.25, 0.3) is 0 Å². The Morgan fingerprint density at radius 2 is 1.56 bits per heavy atom. The van der Waals surface area contributed by atoms with E-state index in [0.29, 0.717) is 13.2 Å². The lowest BCUT2D eigenvalue weighted by atomic mass is 9.48. The number of carbonyl (C=O) groups excluding carboxylic acids is 2. The molecule has 4 saturated carbocycles. The van der Waals surface area contributed by atoms with Crippen LogP contribution in [0.4, 0.5) is 0 Å². The second kappa shape index (κ2) is 7.65. The van der Waals surface area contributed by atoms with Crippen LogP contribution in [0.2, 0.25) is 0 Å². The summed E-state index contributed by atoms with van der Waals surface area (Å²) in [4.78, 5) is 24.3. The highest BCUT2D eigenvalue weighted by Crippen LogP contribution is 2.61. The van der Waals surface area contributed by atoms with E-state index in [9.17, 15) is 9.59 Å². The van der Waals surface area contributed by atoms with Crippen LogP contribution in [0.3, 0.4) is 0 Å². The molecule has 4 aliphatic rings. The summed E-state index contributed by atoms with van der Waals surface area (Å²) in [6.07, 6.45) is 8.77. The van der Waals surface area contributed by atoms with Gasteiger partial charge in [-0.25, -0.2) is 0 Å². The monoisotopic (exact) mass is 350 g/mol. The van der Waals surface area contributed by atoms with Crippen molar-refractivity contribution in [2.45, 2.75) is 77.9 Å². The Kier molecular flexibility index (Phi) is 5.71. The van der Waals surface area contributed by atoms with E-state index in [1.165, 1.54) is 38.5 Å². The second-order valence-corrected chi connectivity index (χ2v) is 9.00. The summed E-state index contributed by atoms with van der Waals surface area (Å²) < 4.78 is 5.43. The number of amides is 2. The van der Waals surface area contributed by atoms with Crippen LogP contribution < -0.4 is 10.6 Å². The molecule has 0 radical (unpaired) electrons. The number of rotatable bonds is 7. The van der Waals surface area contributed by atoms with Gasteiger partial charge in [0, 0.05) is 19.2 Å². The standard InChI is InChI=1S/C20H34N2O3/c1-13(2)25-6-4-5-21-18(23)19(24)22-14(3)20-10-15-7-16(11-20)9-17(8-15)12-20/h13-17H,4-12H2,1-3H3,(H,21,23)(H,22,24). The summed E-state index contributed by atoms with van der Waals surface area (Å²) in [5, 5.41) is 5.72. The Morgan fingerprint density at radius 1 is 1.00 bits per heavy atom. The molecule has 2 N–H and O–H groups in total. The summed E-state index contributed by atoms with van der Waals surface area (Å²) >= 11 is 0. The number of hydrogen-bond acceptors (Lipinski definition) is 3. The molecule has 4 fully saturated rings. The fraction of sp³-hybridized carbons (Fsp3) is 0.900. The normalized spacial score (nSPS) is 34.2. The molecular weight excluding hydrogens is 316 g/mol. The van der Waals surface area contributed by atoms with Crippen molar-refractivity contribution in [3.63, 3.8) is 0 Å². The molecule has 0 aromatic carbocycles. The van der Waals surface area contributed by atoms with Crippen molar-refractivity contribution in [1.29, 1.82) is 0 Å². The molecule has 4 bridgehead atoms. The first-order chi connectivity index (χ1) is 11.9. The fourth-order valence-electron chi connectivity index (χ4n) is 5.80. The molecule has 142 valence electrons. The van der Waals surface area contributed by atoms with Crippen molar-refractivity contribution in [1.82, 2.24) is 10.6 Å². The highest BCUT2D eigenvalue weighted by Gasteiger charge is 2.53. The van der Waals surface area contributed by atoms with Gasteiger partial charge in [-0.15, -0.1) is 0 Å². The van der Waals surface area contributed by atoms with Crippen LogP contribution in [0.1, 0.15) is 65.7 Å². The van der Waals surface area contributed by atoms with E-state index in [2.05, 4.69) is 17.6 Å². The van der Waals surface area contributed by atoms with Gasteiger partial charge in [-0.05, 0) is 88.9 Å². The predicted octanol–water partition coefficient (Wildman–Crippen LogP) is 2.64. The molecule has 1 unspecified atom stereocenters. The van der Waals surface area contributed by atoms with Crippen molar-refractivity contribution in [2.24, 2.45) is 23.2 Å². The third kappa shape index (κ3) is 4.36. The predicted molar refractivity (Wildman–Crippen MR) is 96.9 cm³/mol. The first-order valence-corrected chi connectivity index (χ1v) is 10.1. The molecule has 0 aliphatic heterocycles. The van der Waals surface area contributed by atoms with Gasteiger partial charge in [-0.3, -0.25) is 9.59 Å². The maximum absolute atomic E-state index is 12.3. The van der Waals surface area contributed by atoms with Crippen LogP contribution >= 0.6 is 0 Å². The smallest absolute Gasteiger partial charge is 0.309 e. The van der Waals surface area contributed by atoms with Gasteiger partial charge < -0.3 is 15.4 Å². The van der Waals surface area contributed by atoms with E-state index in [1.54, 1.807) is 0 Å². The zero-order chi connectivity index (χ0) is 18.0. The highest BCUT2D eigenvalue weighted by atomic mass is 16.5. The van der Waals surface area contributed by atoms with Crippen molar-refractivity contribution < 1.29 is 14.3 Å². The van der Waals surface area contributed by atoms with E-state index >= 15 is 0 Å². The van der Waals surface area contributed by atoms with Crippen LogP contribution in [-0.4, -0.2) is 37.1 Å². The number of ether oxygens (including phenoxy) is 1. The average molecular weight is 351 g/mol. The molecule has 1 atom stereocenters. The number of hydrogen-bond donors (Lipinski definition) is 2. The Morgan fingerprint density at radius 3 is 2.08 bits per heavy atom. The largest absolute Gasteiger partial charge is 0.379 e. The van der Waals surface area contributed by atoms with Crippen molar-refractivity contribution in [3.8, 4) is 0 Å². The molecule has 4 aliphatic carbocycles. The molecular formula is C20H34N2O3. The molecule has 25 heavy (non-hydrogen) atoms. The maximum Gasteiger partial charge on any atom is 0.309 e. The van der Waals surface area contributed by atoms with Crippen molar-refractivity contribution >= 4 is 11.8 Å². The highest BCUT2D eigenvalue weighted by molar-refractivity contribution is 6.35. The average Bonchev–Trinajstić information content (AvgIpc) is 2.52. The summed E-state index contributed by atoms with van der Waals surface area (Å²) in [5.74, 6) is 1.55. The van der Waals surface area contributed by atoms with Gasteiger partial charge in [-0.1, -0.05) is 0 Å². The van der Waals surface area contributed by atoms with Gasteiger partial charge >= 0.3 is 11.8 Å².